The lowest BCUT2D eigenvalue weighted by Gasteiger charge is -2.33. The number of nitrogens with two attached hydrogens (primary N) is 1. The zero-order valence-electron chi connectivity index (χ0n) is 9.08. The van der Waals surface area contributed by atoms with Gasteiger partial charge in [0.2, 0.25) is 0 Å². The van der Waals surface area contributed by atoms with Crippen LogP contribution in [0.1, 0.15) is 51.4 Å². The fourth-order valence-electron chi connectivity index (χ4n) is 2.86. The quantitative estimate of drug-likeness (QED) is 0.738. The van der Waals surface area contributed by atoms with Crippen molar-refractivity contribution in [1.82, 2.24) is 0 Å². The van der Waals surface area contributed by atoms with Crippen molar-refractivity contribution < 1.29 is 4.74 Å². The molecule has 2 rings (SSSR count). The summed E-state index contributed by atoms with van der Waals surface area (Å²) in [5.74, 6) is 0.742. The zero-order valence-corrected chi connectivity index (χ0v) is 9.08. The third-order valence-corrected chi connectivity index (χ3v) is 3.81. The number of rotatable bonds is 2. The summed E-state index contributed by atoms with van der Waals surface area (Å²) in [6.45, 7) is 0.979. The molecule has 2 heteroatoms. The van der Waals surface area contributed by atoms with E-state index in [9.17, 15) is 0 Å². The average Bonchev–Trinajstić information content (AvgIpc) is 2.23. The molecule has 2 fully saturated rings. The molecule has 1 aliphatic carbocycles. The monoisotopic (exact) mass is 197 g/mol. The van der Waals surface area contributed by atoms with Crippen LogP contribution in [0.4, 0.5) is 0 Å². The predicted octanol–water partition coefficient (Wildman–Crippen LogP) is 2.46. The Kier molecular flexibility index (Phi) is 3.82. The maximum absolute atomic E-state index is 6.14. The van der Waals surface area contributed by atoms with Crippen molar-refractivity contribution in [2.45, 2.75) is 63.5 Å². The molecule has 1 saturated heterocycles. The second kappa shape index (κ2) is 5.13. The lowest BCUT2D eigenvalue weighted by molar-refractivity contribution is -0.00373. The second-order valence-corrected chi connectivity index (χ2v) is 4.93. The fraction of sp³-hybridized carbons (Fsp3) is 1.00. The lowest BCUT2D eigenvalue weighted by Crippen LogP contribution is -2.36. The van der Waals surface area contributed by atoms with Crippen LogP contribution >= 0.6 is 0 Å². The van der Waals surface area contributed by atoms with Gasteiger partial charge in [-0.3, -0.25) is 0 Å². The first-order valence-electron chi connectivity index (χ1n) is 6.23. The fourth-order valence-corrected chi connectivity index (χ4v) is 2.86. The van der Waals surface area contributed by atoms with E-state index in [0.29, 0.717) is 12.1 Å². The standard InChI is InChI=1S/C12H23NO/c13-12-7-2-1-5-10(12)9-11-6-3-4-8-14-11/h10-12H,1-9,13H2. The lowest BCUT2D eigenvalue weighted by atomic mass is 9.81. The van der Waals surface area contributed by atoms with E-state index < -0.39 is 0 Å². The van der Waals surface area contributed by atoms with Gasteiger partial charge in [-0.05, 0) is 44.4 Å². The minimum absolute atomic E-state index is 0.453. The Hall–Kier alpha value is -0.0800. The molecule has 1 saturated carbocycles. The minimum Gasteiger partial charge on any atom is -0.378 e. The second-order valence-electron chi connectivity index (χ2n) is 4.93. The van der Waals surface area contributed by atoms with Crippen LogP contribution < -0.4 is 5.73 Å². The highest BCUT2D eigenvalue weighted by molar-refractivity contribution is 4.81. The van der Waals surface area contributed by atoms with E-state index in [2.05, 4.69) is 0 Å². The molecule has 0 amide bonds. The summed E-state index contributed by atoms with van der Waals surface area (Å²) in [6.07, 6.45) is 10.9. The molecule has 0 aromatic rings. The molecular formula is C12H23NO. The molecule has 0 aromatic heterocycles. The van der Waals surface area contributed by atoms with E-state index in [1.807, 2.05) is 0 Å². The third-order valence-electron chi connectivity index (χ3n) is 3.81. The van der Waals surface area contributed by atoms with E-state index in [1.165, 1.54) is 51.4 Å². The summed E-state index contributed by atoms with van der Waals surface area (Å²) in [7, 11) is 0. The van der Waals surface area contributed by atoms with Crippen molar-refractivity contribution in [3.63, 3.8) is 0 Å². The van der Waals surface area contributed by atoms with Crippen molar-refractivity contribution >= 4 is 0 Å². The van der Waals surface area contributed by atoms with Gasteiger partial charge in [-0.2, -0.15) is 0 Å². The van der Waals surface area contributed by atoms with Crippen LogP contribution in [0, 0.1) is 5.92 Å². The number of hydrogen-bond acceptors (Lipinski definition) is 2. The minimum atomic E-state index is 0.453. The highest BCUT2D eigenvalue weighted by Crippen LogP contribution is 2.29. The highest BCUT2D eigenvalue weighted by Gasteiger charge is 2.26. The van der Waals surface area contributed by atoms with E-state index >= 15 is 0 Å². The Morgan fingerprint density at radius 2 is 1.79 bits per heavy atom. The third kappa shape index (κ3) is 2.71. The summed E-state index contributed by atoms with van der Waals surface area (Å²) < 4.78 is 5.77. The Bertz CT molecular complexity index is 166. The number of ether oxygens (including phenoxy) is 1. The molecule has 0 bridgehead atoms. The predicted molar refractivity (Wildman–Crippen MR) is 58.1 cm³/mol. The molecule has 3 atom stereocenters. The van der Waals surface area contributed by atoms with Crippen LogP contribution in [0.15, 0.2) is 0 Å². The molecule has 3 unspecified atom stereocenters. The molecule has 0 aromatic carbocycles. The van der Waals surface area contributed by atoms with Crippen LogP contribution in [0.25, 0.3) is 0 Å². The van der Waals surface area contributed by atoms with Gasteiger partial charge in [-0.1, -0.05) is 12.8 Å². The van der Waals surface area contributed by atoms with Gasteiger partial charge in [0.05, 0.1) is 6.10 Å². The van der Waals surface area contributed by atoms with Crippen molar-refractivity contribution in [3.05, 3.63) is 0 Å². The van der Waals surface area contributed by atoms with Gasteiger partial charge in [-0.25, -0.2) is 0 Å². The maximum atomic E-state index is 6.14. The van der Waals surface area contributed by atoms with Gasteiger partial charge in [-0.15, -0.1) is 0 Å². The van der Waals surface area contributed by atoms with Gasteiger partial charge in [0.1, 0.15) is 0 Å². The number of hydrogen-bond donors (Lipinski definition) is 1. The maximum Gasteiger partial charge on any atom is 0.0578 e. The van der Waals surface area contributed by atoms with E-state index in [-0.39, 0.29) is 0 Å². The molecule has 2 N–H and O–H groups in total. The van der Waals surface area contributed by atoms with Crippen LogP contribution in [0.5, 0.6) is 0 Å². The molecular weight excluding hydrogens is 174 g/mol. The Morgan fingerprint density at radius 3 is 2.50 bits per heavy atom. The average molecular weight is 197 g/mol. The first kappa shape index (κ1) is 10.4. The summed E-state index contributed by atoms with van der Waals surface area (Å²) in [5.41, 5.74) is 6.14. The van der Waals surface area contributed by atoms with Crippen LogP contribution in [0.3, 0.4) is 0 Å². The molecule has 1 heterocycles. The van der Waals surface area contributed by atoms with Gasteiger partial charge in [0.25, 0.3) is 0 Å². The molecule has 2 nitrogen and oxygen atoms in total. The molecule has 82 valence electrons. The van der Waals surface area contributed by atoms with Crippen LogP contribution in [0.2, 0.25) is 0 Å². The van der Waals surface area contributed by atoms with Crippen LogP contribution in [-0.4, -0.2) is 18.8 Å². The van der Waals surface area contributed by atoms with Crippen LogP contribution in [-0.2, 0) is 4.74 Å². The van der Waals surface area contributed by atoms with Gasteiger partial charge in [0, 0.05) is 12.6 Å². The first-order valence-corrected chi connectivity index (χ1v) is 6.23. The van der Waals surface area contributed by atoms with Gasteiger partial charge in [0.15, 0.2) is 0 Å². The molecule has 0 spiro atoms. The zero-order chi connectivity index (χ0) is 9.80. The topological polar surface area (TPSA) is 35.2 Å². The Morgan fingerprint density at radius 1 is 1.00 bits per heavy atom. The normalized spacial score (nSPS) is 39.6. The summed E-state index contributed by atoms with van der Waals surface area (Å²) in [4.78, 5) is 0. The van der Waals surface area contributed by atoms with Crippen molar-refractivity contribution in [2.75, 3.05) is 6.61 Å². The summed E-state index contributed by atoms with van der Waals surface area (Å²) in [6, 6.07) is 0.453. The first-order chi connectivity index (χ1) is 6.86. The van der Waals surface area contributed by atoms with Crippen molar-refractivity contribution in [1.29, 1.82) is 0 Å². The molecule has 2 aliphatic rings. The largest absolute Gasteiger partial charge is 0.378 e. The van der Waals surface area contributed by atoms with Gasteiger partial charge < -0.3 is 10.5 Å². The van der Waals surface area contributed by atoms with Crippen molar-refractivity contribution in [3.8, 4) is 0 Å². The summed E-state index contributed by atoms with van der Waals surface area (Å²) in [5, 5.41) is 0. The SMILES string of the molecule is NC1CCCCC1CC1CCCCO1. The van der Waals surface area contributed by atoms with Crippen molar-refractivity contribution in [2.24, 2.45) is 11.7 Å². The van der Waals surface area contributed by atoms with Gasteiger partial charge >= 0.3 is 0 Å². The Labute approximate surface area is 87.2 Å². The molecule has 0 radical (unpaired) electrons. The summed E-state index contributed by atoms with van der Waals surface area (Å²) >= 11 is 0. The molecule has 1 aliphatic heterocycles. The molecule has 14 heavy (non-hydrogen) atoms. The Balaban J connectivity index is 1.76. The highest BCUT2D eigenvalue weighted by atomic mass is 16.5. The van der Waals surface area contributed by atoms with E-state index in [1.54, 1.807) is 0 Å². The smallest absolute Gasteiger partial charge is 0.0578 e. The van der Waals surface area contributed by atoms with E-state index in [4.69, 9.17) is 10.5 Å². The van der Waals surface area contributed by atoms with E-state index in [0.717, 1.165) is 12.5 Å².